The van der Waals surface area contributed by atoms with Crippen molar-refractivity contribution in [2.24, 2.45) is 5.92 Å². The first-order valence-corrected chi connectivity index (χ1v) is 13.2. The molecule has 2 aromatic carbocycles. The molecule has 0 saturated carbocycles. The molecule has 3 atom stereocenters. The minimum absolute atomic E-state index is 0.0664. The molecular formula is C25H34FN2O5P. The molecule has 9 heteroatoms. The molecule has 0 radical (unpaired) electrons. The molecule has 1 unspecified atom stereocenters. The van der Waals surface area contributed by atoms with Gasteiger partial charge in [-0.05, 0) is 62.1 Å². The van der Waals surface area contributed by atoms with Crippen molar-refractivity contribution in [3.8, 4) is 5.75 Å². The van der Waals surface area contributed by atoms with Crippen molar-refractivity contribution in [2.75, 3.05) is 18.2 Å². The fraction of sp³-hybridized carbons (Fsp3) is 0.440. The van der Waals surface area contributed by atoms with Crippen molar-refractivity contribution in [2.45, 2.75) is 52.6 Å². The SMILES string of the molecule is CCCP(=O)(N[C@@H](CC(C)C)C(=O)N(c1ccc(F)cc1)[C@@H](C)C(=O)OC)Oc1ccccc1. The van der Waals surface area contributed by atoms with E-state index in [1.54, 1.807) is 24.3 Å². The quantitative estimate of drug-likeness (QED) is 0.315. The Balaban J connectivity index is 2.45. The number of carbonyl (C=O) groups excluding carboxylic acids is 2. The normalized spacial score (nSPS) is 14.7. The third-order valence-electron chi connectivity index (χ3n) is 5.14. The van der Waals surface area contributed by atoms with Crippen LogP contribution in [0, 0.1) is 11.7 Å². The zero-order chi connectivity index (χ0) is 25.3. The fourth-order valence-electron chi connectivity index (χ4n) is 3.59. The van der Waals surface area contributed by atoms with E-state index in [4.69, 9.17) is 9.26 Å². The summed E-state index contributed by atoms with van der Waals surface area (Å²) in [5, 5.41) is 3.00. The Morgan fingerprint density at radius 1 is 1.06 bits per heavy atom. The summed E-state index contributed by atoms with van der Waals surface area (Å²) in [6, 6.07) is 12.1. The number of halogens is 1. The van der Waals surface area contributed by atoms with Gasteiger partial charge in [-0.15, -0.1) is 0 Å². The van der Waals surface area contributed by atoms with E-state index in [2.05, 4.69) is 5.09 Å². The maximum atomic E-state index is 13.8. The maximum Gasteiger partial charge on any atom is 0.328 e. The van der Waals surface area contributed by atoms with Gasteiger partial charge in [-0.3, -0.25) is 14.3 Å². The predicted molar refractivity (Wildman–Crippen MR) is 132 cm³/mol. The number of carbonyl (C=O) groups is 2. The molecule has 0 fully saturated rings. The summed E-state index contributed by atoms with van der Waals surface area (Å²) in [6.45, 7) is 7.30. The molecule has 0 bridgehead atoms. The van der Waals surface area contributed by atoms with Crippen LogP contribution in [-0.4, -0.2) is 37.2 Å². The Hall–Kier alpha value is -2.70. The molecule has 34 heavy (non-hydrogen) atoms. The zero-order valence-corrected chi connectivity index (χ0v) is 21.3. The van der Waals surface area contributed by atoms with E-state index in [0.717, 1.165) is 0 Å². The molecule has 0 aromatic heterocycles. The minimum atomic E-state index is -3.48. The first-order valence-electron chi connectivity index (χ1n) is 11.4. The van der Waals surface area contributed by atoms with Crippen LogP contribution in [0.15, 0.2) is 54.6 Å². The lowest BCUT2D eigenvalue weighted by Gasteiger charge is -2.33. The second-order valence-corrected chi connectivity index (χ2v) is 10.7. The zero-order valence-electron chi connectivity index (χ0n) is 20.4. The summed E-state index contributed by atoms with van der Waals surface area (Å²) in [5.74, 6) is -1.08. The molecule has 1 N–H and O–H groups in total. The van der Waals surface area contributed by atoms with Gasteiger partial charge in [0.15, 0.2) is 0 Å². The van der Waals surface area contributed by atoms with Crippen LogP contribution in [0.3, 0.4) is 0 Å². The van der Waals surface area contributed by atoms with E-state index < -0.39 is 37.3 Å². The summed E-state index contributed by atoms with van der Waals surface area (Å²) in [5.41, 5.74) is 0.328. The topological polar surface area (TPSA) is 84.9 Å². The van der Waals surface area contributed by atoms with Crippen LogP contribution >= 0.6 is 7.52 Å². The van der Waals surface area contributed by atoms with Crippen molar-refractivity contribution in [3.05, 3.63) is 60.4 Å². The Labute approximate surface area is 201 Å². The van der Waals surface area contributed by atoms with Crippen LogP contribution in [0.4, 0.5) is 10.1 Å². The lowest BCUT2D eigenvalue weighted by atomic mass is 10.0. The van der Waals surface area contributed by atoms with Crippen LogP contribution in [0.5, 0.6) is 5.75 Å². The second kappa shape index (κ2) is 12.7. The van der Waals surface area contributed by atoms with Gasteiger partial charge in [-0.2, -0.15) is 0 Å². The largest absolute Gasteiger partial charge is 0.467 e. The Kier molecular flexibility index (Phi) is 10.3. The number of hydrogen-bond donors (Lipinski definition) is 1. The highest BCUT2D eigenvalue weighted by Crippen LogP contribution is 2.45. The highest BCUT2D eigenvalue weighted by Gasteiger charge is 2.37. The molecule has 186 valence electrons. The van der Waals surface area contributed by atoms with E-state index >= 15 is 0 Å². The van der Waals surface area contributed by atoms with Gasteiger partial charge in [0.25, 0.3) is 0 Å². The molecule has 0 saturated heterocycles. The number of benzene rings is 2. The number of hydrogen-bond acceptors (Lipinski definition) is 5. The van der Waals surface area contributed by atoms with Crippen LogP contribution in [0.25, 0.3) is 0 Å². The Morgan fingerprint density at radius 3 is 2.21 bits per heavy atom. The monoisotopic (exact) mass is 492 g/mol. The molecule has 0 heterocycles. The van der Waals surface area contributed by atoms with Gasteiger partial charge >= 0.3 is 13.5 Å². The number of nitrogens with zero attached hydrogens (tertiary/aromatic N) is 1. The van der Waals surface area contributed by atoms with Gasteiger partial charge < -0.3 is 9.26 Å². The fourth-order valence-corrected chi connectivity index (χ4v) is 5.60. The molecule has 2 aromatic rings. The van der Waals surface area contributed by atoms with E-state index in [1.807, 2.05) is 26.8 Å². The summed E-state index contributed by atoms with van der Waals surface area (Å²) in [4.78, 5) is 27.5. The van der Waals surface area contributed by atoms with E-state index in [-0.39, 0.29) is 12.1 Å². The number of esters is 1. The first-order chi connectivity index (χ1) is 16.1. The molecule has 0 spiro atoms. The van der Waals surface area contributed by atoms with Gasteiger partial charge in [0.1, 0.15) is 17.6 Å². The van der Waals surface area contributed by atoms with Crippen LogP contribution in [0.1, 0.15) is 40.5 Å². The number of amides is 1. The van der Waals surface area contributed by atoms with Gasteiger partial charge in [-0.25, -0.2) is 14.3 Å². The summed E-state index contributed by atoms with van der Waals surface area (Å²) in [7, 11) is -2.25. The third kappa shape index (κ3) is 7.67. The minimum Gasteiger partial charge on any atom is -0.467 e. The van der Waals surface area contributed by atoms with E-state index in [9.17, 15) is 18.5 Å². The summed E-state index contributed by atoms with van der Waals surface area (Å²) >= 11 is 0. The third-order valence-corrected chi connectivity index (χ3v) is 7.39. The molecule has 0 aliphatic carbocycles. The number of nitrogens with one attached hydrogen (secondary N) is 1. The van der Waals surface area contributed by atoms with Crippen molar-refractivity contribution >= 4 is 25.1 Å². The molecule has 2 rings (SSSR count). The van der Waals surface area contributed by atoms with Crippen LogP contribution in [-0.2, 0) is 18.9 Å². The van der Waals surface area contributed by atoms with Gasteiger partial charge in [-0.1, -0.05) is 39.0 Å². The molecule has 0 aliphatic rings. The predicted octanol–water partition coefficient (Wildman–Crippen LogP) is 5.41. The highest BCUT2D eigenvalue weighted by molar-refractivity contribution is 7.57. The summed E-state index contributed by atoms with van der Waals surface area (Å²) < 4.78 is 38.1. The number of ether oxygens (including phenoxy) is 1. The van der Waals surface area contributed by atoms with E-state index in [1.165, 1.54) is 43.2 Å². The second-order valence-electron chi connectivity index (χ2n) is 8.50. The standard InChI is InChI=1S/C25H34FN2O5P/c1-6-16-34(31,33-22-10-8-7-9-11-22)27-23(17-18(2)3)24(29)28(19(4)25(30)32-5)21-14-12-20(26)13-15-21/h7-15,18-19,23H,6,16-17H2,1-5H3,(H,27,31)/t19-,23-,34?/m0/s1. The highest BCUT2D eigenvalue weighted by atomic mass is 31.2. The number of para-hydroxylation sites is 1. The van der Waals surface area contributed by atoms with Gasteiger partial charge in [0.2, 0.25) is 5.91 Å². The smallest absolute Gasteiger partial charge is 0.328 e. The molecule has 7 nitrogen and oxygen atoms in total. The van der Waals surface area contributed by atoms with Crippen molar-refractivity contribution in [3.63, 3.8) is 0 Å². The number of rotatable bonds is 12. The Morgan fingerprint density at radius 2 is 1.68 bits per heavy atom. The average molecular weight is 493 g/mol. The molecule has 1 amide bonds. The van der Waals surface area contributed by atoms with Crippen LogP contribution < -0.4 is 14.5 Å². The van der Waals surface area contributed by atoms with Gasteiger partial charge in [0, 0.05) is 11.8 Å². The Bertz CT molecular complexity index is 985. The molecular weight excluding hydrogens is 458 g/mol. The van der Waals surface area contributed by atoms with Crippen molar-refractivity contribution in [1.29, 1.82) is 0 Å². The maximum absolute atomic E-state index is 13.8. The lowest BCUT2D eigenvalue weighted by molar-refractivity contribution is -0.143. The van der Waals surface area contributed by atoms with Crippen LogP contribution in [0.2, 0.25) is 0 Å². The number of anilines is 1. The first kappa shape index (κ1) is 27.5. The van der Waals surface area contributed by atoms with Crippen molar-refractivity contribution < 1.29 is 27.8 Å². The van der Waals surface area contributed by atoms with Crippen molar-refractivity contribution in [1.82, 2.24) is 5.09 Å². The number of methoxy groups -OCH3 is 1. The summed E-state index contributed by atoms with van der Waals surface area (Å²) in [6.07, 6.45) is 1.13. The molecule has 0 aliphatic heterocycles. The van der Waals surface area contributed by atoms with Gasteiger partial charge in [0.05, 0.1) is 13.2 Å². The average Bonchev–Trinajstić information content (AvgIpc) is 2.79. The van der Waals surface area contributed by atoms with E-state index in [0.29, 0.717) is 24.3 Å². The lowest BCUT2D eigenvalue weighted by Crippen LogP contribution is -2.52.